The molecule has 56 valence electrons. The number of fused-ring (bicyclic) bond motifs is 1. The zero-order valence-corrected chi connectivity index (χ0v) is 7.14. The van der Waals surface area contributed by atoms with Crippen molar-refractivity contribution >= 4 is 17.3 Å². The van der Waals surface area contributed by atoms with Crippen LogP contribution < -0.4 is 0 Å². The predicted octanol–water partition coefficient (Wildman–Crippen LogP) is 2.53. The Hall–Kier alpha value is -0.760. The van der Waals surface area contributed by atoms with E-state index in [1.165, 1.54) is 11.3 Å². The molecular formula is C9H9NS. The molecule has 0 aromatic rings. The number of nitrogens with zero attached hydrogens (tertiary/aromatic N) is 1. The molecule has 0 amide bonds. The molecule has 1 atom stereocenters. The number of rotatable bonds is 0. The van der Waals surface area contributed by atoms with Crippen molar-refractivity contribution in [3.05, 3.63) is 35.6 Å². The number of allylic oxidation sites excluding steroid dienone is 4. The molecule has 0 saturated carbocycles. The number of thioether (sulfide) groups is 1. The fraction of sp³-hybridized carbons (Fsp3) is 0.222. The topological polar surface area (TPSA) is 12.4 Å². The van der Waals surface area contributed by atoms with Crippen LogP contribution in [0.2, 0.25) is 0 Å². The Balaban J connectivity index is 2.36. The highest BCUT2D eigenvalue weighted by Gasteiger charge is 2.15. The third kappa shape index (κ3) is 1.31. The largest absolute Gasteiger partial charge is 0.253 e. The highest BCUT2D eigenvalue weighted by molar-refractivity contribution is 8.13. The summed E-state index contributed by atoms with van der Waals surface area (Å²) in [5, 5.41) is 0.462. The van der Waals surface area contributed by atoms with Crippen molar-refractivity contribution < 1.29 is 0 Å². The summed E-state index contributed by atoms with van der Waals surface area (Å²) >= 11 is 1.76. The molecule has 0 saturated heterocycles. The van der Waals surface area contributed by atoms with E-state index in [9.17, 15) is 0 Å². The monoisotopic (exact) mass is 163 g/mol. The summed E-state index contributed by atoms with van der Waals surface area (Å²) in [6.07, 6.45) is 8.55. The predicted molar refractivity (Wildman–Crippen MR) is 50.9 cm³/mol. The van der Waals surface area contributed by atoms with Gasteiger partial charge in [0.25, 0.3) is 0 Å². The summed E-state index contributed by atoms with van der Waals surface area (Å²) < 4.78 is 0. The molecule has 0 radical (unpaired) electrons. The maximum atomic E-state index is 4.26. The van der Waals surface area contributed by atoms with E-state index in [2.05, 4.69) is 36.2 Å². The van der Waals surface area contributed by atoms with E-state index < -0.39 is 0 Å². The molecule has 2 heteroatoms. The smallest absolute Gasteiger partial charge is 0.0709 e. The van der Waals surface area contributed by atoms with Crippen LogP contribution in [0.15, 0.2) is 40.6 Å². The number of hydrogen-bond acceptors (Lipinski definition) is 2. The fourth-order valence-electron chi connectivity index (χ4n) is 1.09. The molecule has 0 spiro atoms. The second kappa shape index (κ2) is 2.70. The first kappa shape index (κ1) is 6.92. The highest BCUT2D eigenvalue weighted by Crippen LogP contribution is 2.28. The quantitative estimate of drug-likeness (QED) is 0.534. The van der Waals surface area contributed by atoms with Crippen molar-refractivity contribution in [2.24, 2.45) is 4.99 Å². The summed E-state index contributed by atoms with van der Waals surface area (Å²) in [5.74, 6) is 0. The zero-order chi connectivity index (χ0) is 7.68. The molecule has 11 heavy (non-hydrogen) atoms. The first-order chi connectivity index (χ1) is 5.36. The van der Waals surface area contributed by atoms with Crippen LogP contribution in [0.4, 0.5) is 0 Å². The maximum absolute atomic E-state index is 4.26. The molecule has 0 aromatic heterocycles. The Morgan fingerprint density at radius 3 is 3.27 bits per heavy atom. The Morgan fingerprint density at radius 1 is 1.45 bits per heavy atom. The van der Waals surface area contributed by atoms with Crippen LogP contribution in [0.3, 0.4) is 0 Å². The van der Waals surface area contributed by atoms with Crippen molar-refractivity contribution in [2.45, 2.75) is 12.2 Å². The Bertz CT molecular complexity index is 284. The number of aliphatic imine (C=N–C) groups is 1. The van der Waals surface area contributed by atoms with Crippen LogP contribution in [0.25, 0.3) is 0 Å². The fourth-order valence-corrected chi connectivity index (χ4v) is 1.86. The van der Waals surface area contributed by atoms with Gasteiger partial charge in [-0.2, -0.15) is 0 Å². The van der Waals surface area contributed by atoms with Crippen LogP contribution in [-0.2, 0) is 0 Å². The second-order valence-electron chi connectivity index (χ2n) is 2.65. The van der Waals surface area contributed by atoms with Gasteiger partial charge in [0.15, 0.2) is 0 Å². The lowest BCUT2D eigenvalue weighted by atomic mass is 10.3. The van der Waals surface area contributed by atoms with E-state index >= 15 is 0 Å². The normalized spacial score (nSPS) is 27.5. The van der Waals surface area contributed by atoms with Gasteiger partial charge in [-0.1, -0.05) is 23.8 Å². The average Bonchev–Trinajstić information content (AvgIpc) is 2.38. The van der Waals surface area contributed by atoms with Gasteiger partial charge < -0.3 is 0 Å². The molecular weight excluding hydrogens is 154 g/mol. The van der Waals surface area contributed by atoms with Crippen LogP contribution >= 0.6 is 11.8 Å². The summed E-state index contributed by atoms with van der Waals surface area (Å²) in [6.45, 7) is 2.10. The van der Waals surface area contributed by atoms with E-state index in [1.54, 1.807) is 11.8 Å². The van der Waals surface area contributed by atoms with Crippen molar-refractivity contribution in [2.75, 3.05) is 0 Å². The molecule has 2 aliphatic rings. The van der Waals surface area contributed by atoms with E-state index in [-0.39, 0.29) is 0 Å². The lowest BCUT2D eigenvalue weighted by Crippen LogP contribution is -1.93. The van der Waals surface area contributed by atoms with Gasteiger partial charge in [-0.25, -0.2) is 0 Å². The third-order valence-corrected chi connectivity index (χ3v) is 2.67. The lowest BCUT2D eigenvalue weighted by Gasteiger charge is -1.99. The molecule has 1 unspecified atom stereocenters. The van der Waals surface area contributed by atoms with Crippen molar-refractivity contribution in [3.8, 4) is 0 Å². The first-order valence-electron chi connectivity index (χ1n) is 3.61. The minimum atomic E-state index is 0.462. The van der Waals surface area contributed by atoms with Crippen LogP contribution in [0.1, 0.15) is 6.92 Å². The second-order valence-corrected chi connectivity index (χ2v) is 3.64. The summed E-state index contributed by atoms with van der Waals surface area (Å²) in [5.41, 5.74) is 4.38. The molecule has 0 aromatic carbocycles. The Morgan fingerprint density at radius 2 is 2.36 bits per heavy atom. The van der Waals surface area contributed by atoms with E-state index in [4.69, 9.17) is 0 Å². The van der Waals surface area contributed by atoms with E-state index in [1.807, 2.05) is 5.55 Å². The zero-order valence-electron chi connectivity index (χ0n) is 6.32. The van der Waals surface area contributed by atoms with Crippen molar-refractivity contribution in [1.29, 1.82) is 0 Å². The molecule has 0 N–H and O–H groups in total. The molecule has 1 aliphatic heterocycles. The Labute approximate surface area is 70.6 Å². The van der Waals surface area contributed by atoms with Crippen LogP contribution in [-0.4, -0.2) is 10.8 Å². The van der Waals surface area contributed by atoms with Gasteiger partial charge >= 0.3 is 0 Å². The summed E-state index contributed by atoms with van der Waals surface area (Å²) in [4.78, 5) is 4.26. The van der Waals surface area contributed by atoms with Gasteiger partial charge in [-0.15, -0.1) is 11.8 Å². The van der Waals surface area contributed by atoms with E-state index in [0.29, 0.717) is 5.25 Å². The molecule has 0 fully saturated rings. The third-order valence-electron chi connectivity index (χ3n) is 1.75. The van der Waals surface area contributed by atoms with Crippen molar-refractivity contribution in [1.82, 2.24) is 0 Å². The molecule has 2 rings (SSSR count). The van der Waals surface area contributed by atoms with Crippen molar-refractivity contribution in [3.63, 3.8) is 0 Å². The highest BCUT2D eigenvalue weighted by atomic mass is 32.2. The standard InChI is InChI=1S/C9H9NS/c1-7-2-4-8-9(5-3-7)11-6-10-8/h2-6,9H,1H3. The average molecular weight is 163 g/mol. The SMILES string of the molecule is CC1=CC=C2N=CSC2C=C1. The van der Waals surface area contributed by atoms with Gasteiger partial charge in [-0.3, -0.25) is 4.99 Å². The van der Waals surface area contributed by atoms with E-state index in [0.717, 1.165) is 0 Å². The van der Waals surface area contributed by atoms with Gasteiger partial charge in [0, 0.05) is 0 Å². The van der Waals surface area contributed by atoms with Gasteiger partial charge in [0.05, 0.1) is 16.5 Å². The van der Waals surface area contributed by atoms with Crippen LogP contribution in [0.5, 0.6) is 0 Å². The van der Waals surface area contributed by atoms with Gasteiger partial charge in [0.2, 0.25) is 0 Å². The Kier molecular flexibility index (Phi) is 1.70. The first-order valence-corrected chi connectivity index (χ1v) is 4.55. The molecule has 1 aliphatic carbocycles. The van der Waals surface area contributed by atoms with Gasteiger partial charge in [-0.05, 0) is 13.0 Å². The maximum Gasteiger partial charge on any atom is 0.0709 e. The minimum Gasteiger partial charge on any atom is -0.253 e. The molecule has 1 nitrogen and oxygen atoms in total. The minimum absolute atomic E-state index is 0.462. The van der Waals surface area contributed by atoms with Gasteiger partial charge in [0.1, 0.15) is 0 Å². The molecule has 1 heterocycles. The summed E-state index contributed by atoms with van der Waals surface area (Å²) in [7, 11) is 0. The summed E-state index contributed by atoms with van der Waals surface area (Å²) in [6, 6.07) is 0. The lowest BCUT2D eigenvalue weighted by molar-refractivity contribution is 1.22. The van der Waals surface area contributed by atoms with Crippen LogP contribution in [0, 0.1) is 0 Å². The number of hydrogen-bond donors (Lipinski definition) is 0. The molecule has 0 bridgehead atoms.